The average Bonchev–Trinajstić information content (AvgIpc) is 3.41. The van der Waals surface area contributed by atoms with Crippen LogP contribution in [0.3, 0.4) is 0 Å². The minimum absolute atomic E-state index is 0.0104. The molecule has 0 aromatic heterocycles. The zero-order valence-electron chi connectivity index (χ0n) is 22.1. The smallest absolute Gasteiger partial charge is 0.309 e. The van der Waals surface area contributed by atoms with Crippen molar-refractivity contribution in [3.05, 3.63) is 83.7 Å². The number of allylic oxidation sites excluding steroid dienone is 2. The number of halogens is 1. The minimum atomic E-state index is -0.552. The number of hydrogen-bond acceptors (Lipinski definition) is 5. The number of ether oxygens (including phenoxy) is 1. The molecule has 0 aliphatic carbocycles. The summed E-state index contributed by atoms with van der Waals surface area (Å²) in [5.74, 6) is -2.02. The Labute approximate surface area is 229 Å². The van der Waals surface area contributed by atoms with Gasteiger partial charge in [-0.3, -0.25) is 14.4 Å². The van der Waals surface area contributed by atoms with E-state index in [1.165, 1.54) is 12.1 Å². The van der Waals surface area contributed by atoms with Crippen molar-refractivity contribution in [2.24, 2.45) is 11.8 Å². The van der Waals surface area contributed by atoms with Gasteiger partial charge in [-0.25, -0.2) is 4.39 Å². The van der Waals surface area contributed by atoms with Gasteiger partial charge in [-0.15, -0.1) is 0 Å². The van der Waals surface area contributed by atoms with Gasteiger partial charge in [0.25, 0.3) is 0 Å². The lowest BCUT2D eigenvalue weighted by Crippen LogP contribution is -2.45. The third kappa shape index (κ3) is 8.23. The lowest BCUT2D eigenvalue weighted by atomic mass is 9.94. The average molecular weight is 537 g/mol. The van der Waals surface area contributed by atoms with Gasteiger partial charge in [-0.05, 0) is 61.8 Å². The molecule has 2 aromatic rings. The summed E-state index contributed by atoms with van der Waals surface area (Å²) in [5, 5.41) is 12.7. The third-order valence-corrected chi connectivity index (χ3v) is 7.51. The second kappa shape index (κ2) is 14.0. The summed E-state index contributed by atoms with van der Waals surface area (Å²) in [6, 6.07) is 15.1. The highest BCUT2D eigenvalue weighted by Gasteiger charge is 2.35. The van der Waals surface area contributed by atoms with Crippen LogP contribution >= 0.6 is 0 Å². The Kier molecular flexibility index (Phi) is 10.3. The first kappa shape index (κ1) is 28.5. The van der Waals surface area contributed by atoms with E-state index >= 15 is 0 Å². The maximum absolute atomic E-state index is 13.5. The summed E-state index contributed by atoms with van der Waals surface area (Å²) < 4.78 is 19.0. The van der Waals surface area contributed by atoms with Crippen molar-refractivity contribution in [2.75, 3.05) is 19.8 Å². The molecule has 39 heavy (non-hydrogen) atoms. The van der Waals surface area contributed by atoms with Crippen LogP contribution in [0, 0.1) is 17.7 Å². The number of nitrogens with one attached hydrogen (secondary N) is 1. The standard InChI is InChI=1S/C31H37FN2O5/c32-26-14-12-23(13-15-26)17-25-10-5-4-9-24(30(37)34-16-6-11-28(34)21-39-31(25)38)19-29(36)33-27(20-35)18-22-7-2-1-3-8-22/h1-5,7-8,12-15,24-25,27-28,35H,6,9-11,16-21H2,(H,33,36)/b5-4+/t24-,25+,27-,28-/m0/s1. The SMILES string of the molecule is O=C(C[C@@H]1C/C=C/C[C@H](Cc2ccc(F)cc2)C(=O)OC[C@@H]2CCCN2C1=O)N[C@H](CO)Cc1ccccc1. The molecule has 2 aromatic carbocycles. The van der Waals surface area contributed by atoms with Gasteiger partial charge in [0.15, 0.2) is 0 Å². The molecule has 2 amide bonds. The molecule has 0 bridgehead atoms. The van der Waals surface area contributed by atoms with E-state index in [1.807, 2.05) is 42.5 Å². The summed E-state index contributed by atoms with van der Waals surface area (Å²) in [4.78, 5) is 41.2. The zero-order chi connectivity index (χ0) is 27.6. The van der Waals surface area contributed by atoms with Gasteiger partial charge in [0.05, 0.1) is 30.5 Å². The largest absolute Gasteiger partial charge is 0.463 e. The number of carbonyl (C=O) groups excluding carboxylic acids is 3. The van der Waals surface area contributed by atoms with Crippen molar-refractivity contribution in [3.63, 3.8) is 0 Å². The first-order valence-corrected chi connectivity index (χ1v) is 13.7. The molecule has 4 rings (SSSR count). The molecule has 2 aliphatic rings. The Morgan fingerprint density at radius 2 is 1.74 bits per heavy atom. The molecule has 208 valence electrons. The van der Waals surface area contributed by atoms with Crippen molar-refractivity contribution in [2.45, 2.75) is 57.0 Å². The Balaban J connectivity index is 1.44. The minimum Gasteiger partial charge on any atom is -0.463 e. The van der Waals surface area contributed by atoms with E-state index in [1.54, 1.807) is 17.0 Å². The van der Waals surface area contributed by atoms with Gasteiger partial charge in [-0.2, -0.15) is 0 Å². The number of nitrogens with zero attached hydrogens (tertiary/aromatic N) is 1. The maximum Gasteiger partial charge on any atom is 0.309 e. The van der Waals surface area contributed by atoms with Gasteiger partial charge in [0, 0.05) is 13.0 Å². The van der Waals surface area contributed by atoms with E-state index < -0.39 is 17.9 Å². The molecule has 1 saturated heterocycles. The second-order valence-corrected chi connectivity index (χ2v) is 10.5. The fourth-order valence-electron chi connectivity index (χ4n) is 5.36. The second-order valence-electron chi connectivity index (χ2n) is 10.5. The van der Waals surface area contributed by atoms with E-state index in [-0.39, 0.29) is 49.3 Å². The van der Waals surface area contributed by atoms with Gasteiger partial charge < -0.3 is 20.1 Å². The Morgan fingerprint density at radius 3 is 2.46 bits per heavy atom. The van der Waals surface area contributed by atoms with Gasteiger partial charge in [-0.1, -0.05) is 54.6 Å². The van der Waals surface area contributed by atoms with Gasteiger partial charge in [0.1, 0.15) is 12.4 Å². The molecule has 2 aliphatic heterocycles. The van der Waals surface area contributed by atoms with Crippen LogP contribution in [-0.2, 0) is 32.0 Å². The van der Waals surface area contributed by atoms with Gasteiger partial charge >= 0.3 is 5.97 Å². The molecule has 2 N–H and O–H groups in total. The summed E-state index contributed by atoms with van der Waals surface area (Å²) >= 11 is 0. The summed E-state index contributed by atoms with van der Waals surface area (Å²) in [6.07, 6.45) is 6.99. The van der Waals surface area contributed by atoms with Crippen LogP contribution in [0.1, 0.15) is 43.2 Å². The molecule has 2 heterocycles. The van der Waals surface area contributed by atoms with Crippen LogP contribution in [0.4, 0.5) is 4.39 Å². The monoisotopic (exact) mass is 536 g/mol. The predicted molar refractivity (Wildman–Crippen MR) is 145 cm³/mol. The summed E-state index contributed by atoms with van der Waals surface area (Å²) in [5.41, 5.74) is 1.85. The molecule has 0 saturated carbocycles. The van der Waals surface area contributed by atoms with Crippen LogP contribution in [0.25, 0.3) is 0 Å². The van der Waals surface area contributed by atoms with E-state index in [4.69, 9.17) is 4.74 Å². The number of amides is 2. The quantitative estimate of drug-likeness (QED) is 0.397. The van der Waals surface area contributed by atoms with Crippen molar-refractivity contribution >= 4 is 17.8 Å². The third-order valence-electron chi connectivity index (χ3n) is 7.51. The normalized spacial score (nSPS) is 23.6. The highest BCUT2D eigenvalue weighted by molar-refractivity contribution is 5.86. The topological polar surface area (TPSA) is 95.9 Å². The van der Waals surface area contributed by atoms with Crippen molar-refractivity contribution < 1.29 is 28.6 Å². The van der Waals surface area contributed by atoms with Gasteiger partial charge in [0.2, 0.25) is 11.8 Å². The number of aliphatic hydroxyl groups is 1. The number of rotatable bonds is 8. The number of benzene rings is 2. The molecule has 0 radical (unpaired) electrons. The van der Waals surface area contributed by atoms with Crippen LogP contribution < -0.4 is 5.32 Å². The number of cyclic esters (lactones) is 1. The molecule has 0 spiro atoms. The van der Waals surface area contributed by atoms with Crippen LogP contribution in [-0.4, -0.2) is 59.6 Å². The molecular weight excluding hydrogens is 499 g/mol. The molecule has 8 heteroatoms. The molecule has 7 nitrogen and oxygen atoms in total. The molecule has 4 atom stereocenters. The number of fused-ring (bicyclic) bond motifs is 1. The van der Waals surface area contributed by atoms with Crippen LogP contribution in [0.15, 0.2) is 66.7 Å². The van der Waals surface area contributed by atoms with E-state index in [2.05, 4.69) is 5.32 Å². The zero-order valence-corrected chi connectivity index (χ0v) is 22.1. The number of esters is 1. The molecule has 0 unspecified atom stereocenters. The highest BCUT2D eigenvalue weighted by Crippen LogP contribution is 2.25. The van der Waals surface area contributed by atoms with E-state index in [0.29, 0.717) is 32.2 Å². The maximum atomic E-state index is 13.5. The van der Waals surface area contributed by atoms with Crippen LogP contribution in [0.2, 0.25) is 0 Å². The Bertz CT molecular complexity index is 1140. The summed E-state index contributed by atoms with van der Waals surface area (Å²) in [7, 11) is 0. The first-order valence-electron chi connectivity index (χ1n) is 13.7. The first-order chi connectivity index (χ1) is 18.9. The number of hydrogen-bond donors (Lipinski definition) is 2. The van der Waals surface area contributed by atoms with Crippen molar-refractivity contribution in [3.8, 4) is 0 Å². The lowest BCUT2D eigenvalue weighted by molar-refractivity contribution is -0.152. The number of aliphatic hydroxyl groups excluding tert-OH is 1. The summed E-state index contributed by atoms with van der Waals surface area (Å²) in [6.45, 7) is 0.486. The van der Waals surface area contributed by atoms with Crippen molar-refractivity contribution in [1.29, 1.82) is 0 Å². The fraction of sp³-hybridized carbons (Fsp3) is 0.452. The fourth-order valence-corrected chi connectivity index (χ4v) is 5.36. The Morgan fingerprint density at radius 1 is 1.03 bits per heavy atom. The predicted octanol–water partition coefficient (Wildman–Crippen LogP) is 3.59. The number of carbonyl (C=O) groups is 3. The molecule has 1 fully saturated rings. The van der Waals surface area contributed by atoms with E-state index in [0.717, 1.165) is 24.0 Å². The van der Waals surface area contributed by atoms with Crippen molar-refractivity contribution in [1.82, 2.24) is 10.2 Å². The van der Waals surface area contributed by atoms with E-state index in [9.17, 15) is 23.9 Å². The van der Waals surface area contributed by atoms with Crippen LogP contribution in [0.5, 0.6) is 0 Å². The Hall–Kier alpha value is -3.52. The highest BCUT2D eigenvalue weighted by atomic mass is 19.1. The lowest BCUT2D eigenvalue weighted by Gasteiger charge is -2.29. The molecular formula is C31H37FN2O5.